The van der Waals surface area contributed by atoms with Gasteiger partial charge in [0.05, 0.1) is 12.0 Å². The van der Waals surface area contributed by atoms with Crippen LogP contribution in [0.25, 0.3) is 0 Å². The van der Waals surface area contributed by atoms with Crippen LogP contribution < -0.4 is 0 Å². The van der Waals surface area contributed by atoms with Crippen molar-refractivity contribution in [2.24, 2.45) is 0 Å². The first-order valence-corrected chi connectivity index (χ1v) is 8.05. The van der Waals surface area contributed by atoms with E-state index in [1.165, 1.54) is 0 Å². The zero-order chi connectivity index (χ0) is 16.9. The van der Waals surface area contributed by atoms with Gasteiger partial charge in [0.2, 0.25) is 0 Å². The van der Waals surface area contributed by atoms with Crippen molar-refractivity contribution in [3.05, 3.63) is 106 Å². The normalized spacial score (nSPS) is 13.0. The van der Waals surface area contributed by atoms with Crippen LogP contribution in [0.5, 0.6) is 0 Å². The predicted octanol–water partition coefficient (Wildman–Crippen LogP) is 5.08. The monoisotopic (exact) mass is 333 g/mol. The van der Waals surface area contributed by atoms with Crippen LogP contribution in [0.4, 0.5) is 0 Å². The Hall–Kier alpha value is -2.60. The SMILES string of the molecule is N#C[C@H](c1ccc(Cl)cc1)c1ccc([C@@H](O)c2ccccc2)cc1. The van der Waals surface area contributed by atoms with Crippen molar-refractivity contribution in [1.29, 1.82) is 5.26 Å². The molecule has 0 aliphatic carbocycles. The molecule has 24 heavy (non-hydrogen) atoms. The van der Waals surface area contributed by atoms with Gasteiger partial charge in [0.1, 0.15) is 6.10 Å². The highest BCUT2D eigenvalue weighted by Crippen LogP contribution is 2.28. The molecule has 1 N–H and O–H groups in total. The Kier molecular flexibility index (Phi) is 4.96. The molecule has 0 unspecified atom stereocenters. The lowest BCUT2D eigenvalue weighted by Crippen LogP contribution is -2.02. The van der Waals surface area contributed by atoms with E-state index < -0.39 is 6.10 Å². The average molecular weight is 334 g/mol. The lowest BCUT2D eigenvalue weighted by Gasteiger charge is -2.14. The van der Waals surface area contributed by atoms with E-state index in [-0.39, 0.29) is 5.92 Å². The minimum absolute atomic E-state index is 0.356. The van der Waals surface area contributed by atoms with Gasteiger partial charge < -0.3 is 5.11 Å². The zero-order valence-electron chi connectivity index (χ0n) is 12.9. The number of nitrogens with zero attached hydrogens (tertiary/aromatic N) is 1. The Labute approximate surface area is 146 Å². The Morgan fingerprint density at radius 1 is 0.708 bits per heavy atom. The van der Waals surface area contributed by atoms with Gasteiger partial charge in [-0.25, -0.2) is 0 Å². The number of hydrogen-bond acceptors (Lipinski definition) is 2. The highest BCUT2D eigenvalue weighted by atomic mass is 35.5. The molecule has 0 aliphatic heterocycles. The summed E-state index contributed by atoms with van der Waals surface area (Å²) in [6, 6.07) is 26.7. The fourth-order valence-electron chi connectivity index (χ4n) is 2.70. The number of hydrogen-bond donors (Lipinski definition) is 1. The third kappa shape index (κ3) is 3.49. The smallest absolute Gasteiger partial charge is 0.104 e. The van der Waals surface area contributed by atoms with E-state index in [1.54, 1.807) is 12.1 Å². The molecule has 0 amide bonds. The molecular formula is C21H16ClNO. The molecule has 2 nitrogen and oxygen atoms in total. The number of aliphatic hydroxyl groups is 1. The summed E-state index contributed by atoms with van der Waals surface area (Å²) in [4.78, 5) is 0. The van der Waals surface area contributed by atoms with Crippen LogP contribution in [-0.2, 0) is 0 Å². The first-order chi connectivity index (χ1) is 11.7. The molecule has 3 aromatic carbocycles. The van der Waals surface area contributed by atoms with Gasteiger partial charge in [-0.15, -0.1) is 0 Å². The average Bonchev–Trinajstić information content (AvgIpc) is 2.64. The summed E-state index contributed by atoms with van der Waals surface area (Å²) < 4.78 is 0. The molecule has 0 heterocycles. The van der Waals surface area contributed by atoms with Crippen LogP contribution in [0, 0.1) is 11.3 Å². The second kappa shape index (κ2) is 7.31. The fraction of sp³-hybridized carbons (Fsp3) is 0.0952. The maximum atomic E-state index is 10.4. The molecule has 0 spiro atoms. The Morgan fingerprint density at radius 2 is 1.17 bits per heavy atom. The van der Waals surface area contributed by atoms with E-state index in [0.717, 1.165) is 22.3 Å². The van der Waals surface area contributed by atoms with Crippen molar-refractivity contribution < 1.29 is 5.11 Å². The van der Waals surface area contributed by atoms with Crippen LogP contribution in [-0.4, -0.2) is 5.11 Å². The van der Waals surface area contributed by atoms with E-state index in [9.17, 15) is 10.4 Å². The molecular weight excluding hydrogens is 318 g/mol. The number of nitriles is 1. The van der Waals surface area contributed by atoms with Crippen molar-refractivity contribution >= 4 is 11.6 Å². The second-order valence-electron chi connectivity index (χ2n) is 5.59. The Bertz CT molecular complexity index is 836. The first-order valence-electron chi connectivity index (χ1n) is 7.67. The van der Waals surface area contributed by atoms with Crippen LogP contribution in [0.3, 0.4) is 0 Å². The number of halogens is 1. The summed E-state index contributed by atoms with van der Waals surface area (Å²) in [5.41, 5.74) is 3.44. The second-order valence-corrected chi connectivity index (χ2v) is 6.03. The van der Waals surface area contributed by atoms with Gasteiger partial charge in [-0.1, -0.05) is 78.3 Å². The third-order valence-corrected chi connectivity index (χ3v) is 4.29. The molecule has 0 saturated carbocycles. The predicted molar refractivity (Wildman–Crippen MR) is 95.9 cm³/mol. The molecule has 0 saturated heterocycles. The van der Waals surface area contributed by atoms with Crippen LogP contribution in [0.2, 0.25) is 5.02 Å². The highest BCUT2D eigenvalue weighted by Gasteiger charge is 2.15. The Balaban J connectivity index is 1.85. The molecule has 3 aromatic rings. The molecule has 3 rings (SSSR count). The maximum Gasteiger partial charge on any atom is 0.104 e. The summed E-state index contributed by atoms with van der Waals surface area (Å²) in [6.07, 6.45) is -0.670. The molecule has 3 heteroatoms. The molecule has 118 valence electrons. The van der Waals surface area contributed by atoms with E-state index in [2.05, 4.69) is 6.07 Å². The van der Waals surface area contributed by atoms with E-state index in [0.29, 0.717) is 5.02 Å². The molecule has 0 radical (unpaired) electrons. The van der Waals surface area contributed by atoms with Crippen molar-refractivity contribution in [2.45, 2.75) is 12.0 Å². The summed E-state index contributed by atoms with van der Waals surface area (Å²) >= 11 is 5.91. The Morgan fingerprint density at radius 3 is 1.71 bits per heavy atom. The molecule has 0 bridgehead atoms. The highest BCUT2D eigenvalue weighted by molar-refractivity contribution is 6.30. The van der Waals surface area contributed by atoms with Gasteiger partial charge in [-0.05, 0) is 34.4 Å². The van der Waals surface area contributed by atoms with Crippen molar-refractivity contribution in [1.82, 2.24) is 0 Å². The van der Waals surface area contributed by atoms with Crippen molar-refractivity contribution in [2.75, 3.05) is 0 Å². The van der Waals surface area contributed by atoms with Gasteiger partial charge >= 0.3 is 0 Å². The molecule has 0 fully saturated rings. The first kappa shape index (κ1) is 16.3. The van der Waals surface area contributed by atoms with Crippen LogP contribution in [0.1, 0.15) is 34.3 Å². The van der Waals surface area contributed by atoms with Gasteiger partial charge in [0.15, 0.2) is 0 Å². The van der Waals surface area contributed by atoms with Gasteiger partial charge in [0.25, 0.3) is 0 Å². The van der Waals surface area contributed by atoms with Gasteiger partial charge in [-0.3, -0.25) is 0 Å². The van der Waals surface area contributed by atoms with Crippen LogP contribution >= 0.6 is 11.6 Å². The van der Waals surface area contributed by atoms with Crippen molar-refractivity contribution in [3.8, 4) is 6.07 Å². The van der Waals surface area contributed by atoms with E-state index in [4.69, 9.17) is 11.6 Å². The topological polar surface area (TPSA) is 44.0 Å². The van der Waals surface area contributed by atoms with Crippen LogP contribution in [0.15, 0.2) is 78.9 Å². The minimum Gasteiger partial charge on any atom is -0.384 e. The van der Waals surface area contributed by atoms with E-state index >= 15 is 0 Å². The van der Waals surface area contributed by atoms with Gasteiger partial charge in [-0.2, -0.15) is 5.26 Å². The summed E-state index contributed by atoms with van der Waals surface area (Å²) in [7, 11) is 0. The van der Waals surface area contributed by atoms with Crippen molar-refractivity contribution in [3.63, 3.8) is 0 Å². The fourth-order valence-corrected chi connectivity index (χ4v) is 2.82. The lowest BCUT2D eigenvalue weighted by atomic mass is 9.91. The number of benzene rings is 3. The van der Waals surface area contributed by atoms with Gasteiger partial charge in [0, 0.05) is 5.02 Å². The summed E-state index contributed by atoms with van der Waals surface area (Å²) in [5.74, 6) is -0.356. The zero-order valence-corrected chi connectivity index (χ0v) is 13.7. The molecule has 0 aliphatic rings. The standard InChI is InChI=1S/C21H16ClNO/c22-19-12-10-16(11-13-19)20(14-23)15-6-8-18(9-7-15)21(24)17-4-2-1-3-5-17/h1-13,20-21,24H/t20-,21-/m0/s1. The van der Waals surface area contributed by atoms with E-state index in [1.807, 2.05) is 66.7 Å². The number of aliphatic hydroxyl groups excluding tert-OH is 1. The number of rotatable bonds is 4. The summed E-state index contributed by atoms with van der Waals surface area (Å²) in [6.45, 7) is 0. The summed E-state index contributed by atoms with van der Waals surface area (Å²) in [5, 5.41) is 20.6. The lowest BCUT2D eigenvalue weighted by molar-refractivity contribution is 0.220. The largest absolute Gasteiger partial charge is 0.384 e. The molecule has 2 atom stereocenters. The third-order valence-electron chi connectivity index (χ3n) is 4.03. The maximum absolute atomic E-state index is 10.4. The molecule has 0 aromatic heterocycles. The minimum atomic E-state index is -0.670. The quantitative estimate of drug-likeness (QED) is 0.723.